The summed E-state index contributed by atoms with van der Waals surface area (Å²) in [6, 6.07) is 3.35. The van der Waals surface area contributed by atoms with Gasteiger partial charge in [-0.25, -0.2) is 4.98 Å². The molecule has 1 atom stereocenters. The van der Waals surface area contributed by atoms with Crippen LogP contribution in [-0.2, 0) is 4.74 Å². The zero-order chi connectivity index (χ0) is 12.0. The first-order valence-electron chi connectivity index (χ1n) is 5.12. The molecule has 0 aliphatic heterocycles. The number of nitrogens with two attached hydrogens (primary N) is 1. The van der Waals surface area contributed by atoms with Crippen molar-refractivity contribution < 1.29 is 9.53 Å². The number of rotatable bonds is 5. The number of pyridine rings is 1. The third-order valence-corrected chi connectivity index (χ3v) is 2.12. The third-order valence-electron chi connectivity index (χ3n) is 2.12. The van der Waals surface area contributed by atoms with E-state index >= 15 is 0 Å². The second-order valence-electron chi connectivity index (χ2n) is 3.71. The molecule has 0 spiro atoms. The molecule has 88 valence electrons. The quantitative estimate of drug-likeness (QED) is 0.769. The lowest BCUT2D eigenvalue weighted by atomic mass is 10.2. The molecule has 0 aliphatic carbocycles. The minimum absolute atomic E-state index is 0.249. The van der Waals surface area contributed by atoms with E-state index < -0.39 is 0 Å². The van der Waals surface area contributed by atoms with E-state index in [1.54, 1.807) is 25.4 Å². The molecule has 0 saturated heterocycles. The largest absolute Gasteiger partial charge is 0.397 e. The molecule has 1 aromatic rings. The molecule has 0 aliphatic rings. The lowest BCUT2D eigenvalue weighted by Crippen LogP contribution is -2.31. The van der Waals surface area contributed by atoms with Crippen molar-refractivity contribution in [3.8, 4) is 0 Å². The van der Waals surface area contributed by atoms with Crippen molar-refractivity contribution in [3.05, 3.63) is 24.0 Å². The van der Waals surface area contributed by atoms with E-state index in [1.165, 1.54) is 0 Å². The Morgan fingerprint density at radius 3 is 3.06 bits per heavy atom. The highest BCUT2D eigenvalue weighted by molar-refractivity contribution is 5.96. The monoisotopic (exact) mass is 223 g/mol. The molecule has 1 heterocycles. The number of nitrogens with zero attached hydrogens (tertiary/aromatic N) is 1. The zero-order valence-corrected chi connectivity index (χ0v) is 9.56. The number of methoxy groups -OCH3 is 1. The molecule has 1 aromatic heterocycles. The second-order valence-corrected chi connectivity index (χ2v) is 3.71. The third kappa shape index (κ3) is 3.51. The summed E-state index contributed by atoms with van der Waals surface area (Å²) in [6.07, 6.45) is 1.55. The van der Waals surface area contributed by atoms with Crippen LogP contribution in [0.25, 0.3) is 0 Å². The van der Waals surface area contributed by atoms with E-state index in [2.05, 4.69) is 10.3 Å². The molecule has 1 unspecified atom stereocenters. The van der Waals surface area contributed by atoms with E-state index in [9.17, 15) is 4.79 Å². The number of aromatic nitrogens is 1. The predicted molar refractivity (Wildman–Crippen MR) is 62.0 cm³/mol. The van der Waals surface area contributed by atoms with Crippen LogP contribution in [-0.4, -0.2) is 31.2 Å². The van der Waals surface area contributed by atoms with Crippen LogP contribution in [0.15, 0.2) is 18.3 Å². The molecule has 0 fully saturated rings. The summed E-state index contributed by atoms with van der Waals surface area (Å²) in [5.74, 6) is 0.0138. The van der Waals surface area contributed by atoms with Crippen molar-refractivity contribution in [2.24, 2.45) is 5.92 Å². The maximum atomic E-state index is 11.7. The number of hydrogen-bond donors (Lipinski definition) is 2. The van der Waals surface area contributed by atoms with Crippen LogP contribution < -0.4 is 11.1 Å². The number of nitrogen functional groups attached to an aromatic ring is 1. The molecular formula is C11H17N3O2. The van der Waals surface area contributed by atoms with Crippen molar-refractivity contribution in [2.45, 2.75) is 6.92 Å². The summed E-state index contributed by atoms with van der Waals surface area (Å²) >= 11 is 0. The fourth-order valence-electron chi connectivity index (χ4n) is 1.30. The maximum Gasteiger partial charge on any atom is 0.272 e. The van der Waals surface area contributed by atoms with Crippen LogP contribution in [0.1, 0.15) is 17.4 Å². The van der Waals surface area contributed by atoms with Crippen LogP contribution in [0, 0.1) is 5.92 Å². The summed E-state index contributed by atoms with van der Waals surface area (Å²) in [7, 11) is 1.63. The van der Waals surface area contributed by atoms with Gasteiger partial charge in [0.25, 0.3) is 5.91 Å². The highest BCUT2D eigenvalue weighted by Crippen LogP contribution is 2.06. The first-order chi connectivity index (χ1) is 7.65. The minimum Gasteiger partial charge on any atom is -0.397 e. The Hall–Kier alpha value is -1.62. The average Bonchev–Trinajstić information content (AvgIpc) is 2.27. The Morgan fingerprint density at radius 1 is 1.69 bits per heavy atom. The molecule has 16 heavy (non-hydrogen) atoms. The number of hydrogen-bond acceptors (Lipinski definition) is 4. The SMILES string of the molecule is COCC(C)CNC(=O)c1ncccc1N. The summed E-state index contributed by atoms with van der Waals surface area (Å²) < 4.78 is 4.97. The Morgan fingerprint density at radius 2 is 2.44 bits per heavy atom. The van der Waals surface area contributed by atoms with Gasteiger partial charge < -0.3 is 15.8 Å². The second kappa shape index (κ2) is 6.07. The Kier molecular flexibility index (Phi) is 4.72. The standard InChI is InChI=1S/C11H17N3O2/c1-8(7-16-2)6-14-11(15)10-9(12)4-3-5-13-10/h3-5,8H,6-7,12H2,1-2H3,(H,14,15). The van der Waals surface area contributed by atoms with E-state index in [4.69, 9.17) is 10.5 Å². The predicted octanol–water partition coefficient (Wildman–Crippen LogP) is 0.676. The highest BCUT2D eigenvalue weighted by Gasteiger charge is 2.11. The lowest BCUT2D eigenvalue weighted by molar-refractivity contribution is 0.0930. The molecule has 0 radical (unpaired) electrons. The molecule has 0 saturated carbocycles. The Labute approximate surface area is 95.0 Å². The van der Waals surface area contributed by atoms with E-state index in [-0.39, 0.29) is 17.5 Å². The van der Waals surface area contributed by atoms with Crippen LogP contribution in [0.5, 0.6) is 0 Å². The van der Waals surface area contributed by atoms with Gasteiger partial charge in [-0.05, 0) is 18.1 Å². The van der Waals surface area contributed by atoms with Gasteiger partial charge in [-0.3, -0.25) is 4.79 Å². The van der Waals surface area contributed by atoms with Crippen LogP contribution in [0.4, 0.5) is 5.69 Å². The molecule has 5 nitrogen and oxygen atoms in total. The number of anilines is 1. The fraction of sp³-hybridized carbons (Fsp3) is 0.455. The van der Waals surface area contributed by atoms with Gasteiger partial charge in [0.05, 0.1) is 12.3 Å². The van der Waals surface area contributed by atoms with Crippen LogP contribution in [0.3, 0.4) is 0 Å². The summed E-state index contributed by atoms with van der Waals surface area (Å²) in [4.78, 5) is 15.6. The number of amides is 1. The van der Waals surface area contributed by atoms with Gasteiger partial charge in [0.2, 0.25) is 0 Å². The van der Waals surface area contributed by atoms with E-state index in [1.807, 2.05) is 6.92 Å². The molecular weight excluding hydrogens is 206 g/mol. The van der Waals surface area contributed by atoms with Gasteiger partial charge >= 0.3 is 0 Å². The summed E-state index contributed by atoms with van der Waals surface area (Å²) in [6.45, 7) is 3.15. The van der Waals surface area contributed by atoms with Crippen molar-refractivity contribution in [1.82, 2.24) is 10.3 Å². The highest BCUT2D eigenvalue weighted by atomic mass is 16.5. The number of ether oxygens (including phenoxy) is 1. The number of carbonyl (C=O) groups is 1. The summed E-state index contributed by atoms with van der Waals surface area (Å²) in [5, 5.41) is 2.76. The Bertz CT molecular complexity index is 355. The van der Waals surface area contributed by atoms with Crippen LogP contribution in [0.2, 0.25) is 0 Å². The Balaban J connectivity index is 2.50. The topological polar surface area (TPSA) is 77.2 Å². The number of nitrogens with one attached hydrogen (secondary N) is 1. The average molecular weight is 223 g/mol. The van der Waals surface area contributed by atoms with Gasteiger partial charge in [-0.2, -0.15) is 0 Å². The molecule has 3 N–H and O–H groups in total. The van der Waals surface area contributed by atoms with Crippen molar-refractivity contribution in [2.75, 3.05) is 26.0 Å². The first kappa shape index (κ1) is 12.4. The van der Waals surface area contributed by atoms with Gasteiger partial charge in [-0.1, -0.05) is 6.92 Å². The zero-order valence-electron chi connectivity index (χ0n) is 9.56. The van der Waals surface area contributed by atoms with E-state index in [0.717, 1.165) is 0 Å². The van der Waals surface area contributed by atoms with Gasteiger partial charge in [0.15, 0.2) is 5.69 Å². The maximum absolute atomic E-state index is 11.7. The van der Waals surface area contributed by atoms with Gasteiger partial charge in [-0.15, -0.1) is 0 Å². The molecule has 5 heteroatoms. The fourth-order valence-corrected chi connectivity index (χ4v) is 1.30. The molecule has 0 aromatic carbocycles. The van der Waals surface area contributed by atoms with Crippen molar-refractivity contribution >= 4 is 11.6 Å². The molecule has 1 rings (SSSR count). The lowest BCUT2D eigenvalue weighted by Gasteiger charge is -2.11. The minimum atomic E-state index is -0.249. The van der Waals surface area contributed by atoms with Crippen molar-refractivity contribution in [3.63, 3.8) is 0 Å². The van der Waals surface area contributed by atoms with E-state index in [0.29, 0.717) is 18.8 Å². The van der Waals surface area contributed by atoms with Gasteiger partial charge in [0.1, 0.15) is 0 Å². The first-order valence-corrected chi connectivity index (χ1v) is 5.12. The summed E-state index contributed by atoms with van der Waals surface area (Å²) in [5.41, 5.74) is 6.30. The smallest absolute Gasteiger partial charge is 0.272 e. The van der Waals surface area contributed by atoms with Crippen LogP contribution >= 0.6 is 0 Å². The van der Waals surface area contributed by atoms with Gasteiger partial charge in [0, 0.05) is 19.9 Å². The molecule has 0 bridgehead atoms. The van der Waals surface area contributed by atoms with Crippen molar-refractivity contribution in [1.29, 1.82) is 0 Å². The molecule has 1 amide bonds. The normalized spacial score (nSPS) is 12.1. The number of carbonyl (C=O) groups excluding carboxylic acids is 1.